The van der Waals surface area contributed by atoms with Gasteiger partial charge in [0.15, 0.2) is 17.7 Å². The molecule has 1 amide bonds. The highest BCUT2D eigenvalue weighted by molar-refractivity contribution is 5.81. The van der Waals surface area contributed by atoms with Crippen LogP contribution in [0.4, 0.5) is 22.0 Å². The van der Waals surface area contributed by atoms with Crippen molar-refractivity contribution >= 4 is 5.91 Å². The molecule has 1 unspecified atom stereocenters. The lowest BCUT2D eigenvalue weighted by Crippen LogP contribution is -2.52. The quantitative estimate of drug-likeness (QED) is 0.488. The van der Waals surface area contributed by atoms with E-state index in [9.17, 15) is 26.7 Å². The molecule has 0 aliphatic carbocycles. The molecule has 1 aliphatic rings. The molecular formula is C18H23F5N2O3. The van der Waals surface area contributed by atoms with Crippen molar-refractivity contribution in [2.75, 3.05) is 45.9 Å². The molecule has 1 atom stereocenters. The Labute approximate surface area is 160 Å². The van der Waals surface area contributed by atoms with Gasteiger partial charge >= 0.3 is 6.18 Å². The lowest BCUT2D eigenvalue weighted by atomic mass is 10.2. The predicted molar refractivity (Wildman–Crippen MR) is 91.0 cm³/mol. The maximum absolute atomic E-state index is 13.2. The molecule has 0 radical (unpaired) electrons. The highest BCUT2D eigenvalue weighted by atomic mass is 19.4. The van der Waals surface area contributed by atoms with Gasteiger partial charge in [-0.25, -0.2) is 8.78 Å². The fraction of sp³-hybridized carbons (Fsp3) is 0.611. The summed E-state index contributed by atoms with van der Waals surface area (Å²) in [6.07, 6.45) is -4.70. The van der Waals surface area contributed by atoms with E-state index in [-0.39, 0.29) is 18.3 Å². The van der Waals surface area contributed by atoms with Crippen molar-refractivity contribution in [1.29, 1.82) is 0 Å². The summed E-state index contributed by atoms with van der Waals surface area (Å²) >= 11 is 0. The number of benzene rings is 1. The van der Waals surface area contributed by atoms with E-state index >= 15 is 0 Å². The van der Waals surface area contributed by atoms with Crippen LogP contribution in [0, 0.1) is 11.6 Å². The summed E-state index contributed by atoms with van der Waals surface area (Å²) in [5.41, 5.74) is 0. The number of amides is 1. The van der Waals surface area contributed by atoms with Gasteiger partial charge in [-0.05, 0) is 25.5 Å². The maximum Gasteiger partial charge on any atom is 0.411 e. The summed E-state index contributed by atoms with van der Waals surface area (Å²) in [5, 5.41) is 0. The van der Waals surface area contributed by atoms with E-state index in [0.717, 1.165) is 12.1 Å². The van der Waals surface area contributed by atoms with Crippen LogP contribution < -0.4 is 4.74 Å². The van der Waals surface area contributed by atoms with Crippen LogP contribution in [0.1, 0.15) is 13.3 Å². The molecule has 28 heavy (non-hydrogen) atoms. The van der Waals surface area contributed by atoms with E-state index in [2.05, 4.69) is 4.74 Å². The molecule has 0 saturated carbocycles. The van der Waals surface area contributed by atoms with Gasteiger partial charge in [-0.3, -0.25) is 9.69 Å². The second-order valence-corrected chi connectivity index (χ2v) is 6.52. The topological polar surface area (TPSA) is 42.0 Å². The van der Waals surface area contributed by atoms with Crippen LogP contribution in [0.15, 0.2) is 18.2 Å². The van der Waals surface area contributed by atoms with Crippen molar-refractivity contribution in [2.45, 2.75) is 25.6 Å². The monoisotopic (exact) mass is 410 g/mol. The summed E-state index contributed by atoms with van der Waals surface area (Å²) in [7, 11) is 0. The smallest absolute Gasteiger partial charge is 0.411 e. The minimum Gasteiger partial charge on any atom is -0.481 e. The molecule has 1 aromatic rings. The maximum atomic E-state index is 13.2. The number of alkyl halides is 3. The summed E-state index contributed by atoms with van der Waals surface area (Å²) in [6, 6.07) is 3.07. The lowest BCUT2D eigenvalue weighted by Gasteiger charge is -2.35. The highest BCUT2D eigenvalue weighted by Crippen LogP contribution is 2.18. The first kappa shape index (κ1) is 22.4. The molecule has 5 nitrogen and oxygen atoms in total. The van der Waals surface area contributed by atoms with E-state index in [1.165, 1.54) is 13.0 Å². The molecule has 1 aliphatic heterocycles. The number of piperazine rings is 1. The molecule has 0 N–H and O–H groups in total. The average molecular weight is 410 g/mol. The molecule has 10 heteroatoms. The third kappa shape index (κ3) is 7.23. The van der Waals surface area contributed by atoms with Crippen molar-refractivity contribution in [2.24, 2.45) is 0 Å². The number of nitrogens with zero attached hydrogens (tertiary/aromatic N) is 2. The minimum absolute atomic E-state index is 0.0256. The third-order valence-electron chi connectivity index (χ3n) is 4.26. The Morgan fingerprint density at radius 3 is 2.43 bits per heavy atom. The number of hydrogen-bond donors (Lipinski definition) is 0. The van der Waals surface area contributed by atoms with Gasteiger partial charge in [-0.15, -0.1) is 0 Å². The predicted octanol–water partition coefficient (Wildman–Crippen LogP) is 2.85. The molecule has 1 fully saturated rings. The Morgan fingerprint density at radius 1 is 1.14 bits per heavy atom. The van der Waals surface area contributed by atoms with Crippen molar-refractivity contribution in [3.05, 3.63) is 29.8 Å². The van der Waals surface area contributed by atoms with E-state index in [1.54, 1.807) is 4.90 Å². The standard InChI is InChI=1S/C18H23F5N2O3/c1-13(28-14-3-4-15(19)16(20)11-14)17(26)25-8-6-24(7-9-25)5-2-10-27-12-18(21,22)23/h3-4,11,13H,2,5-10,12H2,1H3. The Hall–Kier alpha value is -1.94. The van der Waals surface area contributed by atoms with Crippen LogP contribution in [0.2, 0.25) is 0 Å². The molecule has 0 bridgehead atoms. The van der Waals surface area contributed by atoms with Crippen LogP contribution in [0.25, 0.3) is 0 Å². The zero-order chi connectivity index (χ0) is 20.7. The average Bonchev–Trinajstić information content (AvgIpc) is 2.63. The summed E-state index contributed by atoms with van der Waals surface area (Å²) in [4.78, 5) is 16.1. The molecule has 0 aromatic heterocycles. The van der Waals surface area contributed by atoms with Gasteiger partial charge in [-0.2, -0.15) is 13.2 Å². The van der Waals surface area contributed by atoms with Gasteiger partial charge in [-0.1, -0.05) is 0 Å². The highest BCUT2D eigenvalue weighted by Gasteiger charge is 2.28. The second kappa shape index (κ2) is 10.0. The zero-order valence-electron chi connectivity index (χ0n) is 15.5. The summed E-state index contributed by atoms with van der Waals surface area (Å²) in [5.74, 6) is -2.24. The first-order valence-corrected chi connectivity index (χ1v) is 8.93. The molecule has 0 spiro atoms. The fourth-order valence-electron chi connectivity index (χ4n) is 2.83. The van der Waals surface area contributed by atoms with E-state index in [0.29, 0.717) is 39.1 Å². The van der Waals surface area contributed by atoms with Gasteiger partial charge in [0, 0.05) is 45.4 Å². The third-order valence-corrected chi connectivity index (χ3v) is 4.26. The summed E-state index contributed by atoms with van der Waals surface area (Å²) < 4.78 is 72.0. The normalized spacial score (nSPS) is 16.9. The number of halogens is 5. The summed E-state index contributed by atoms with van der Waals surface area (Å²) in [6.45, 7) is 2.98. The van der Waals surface area contributed by atoms with Gasteiger partial charge < -0.3 is 14.4 Å². The molecule has 158 valence electrons. The van der Waals surface area contributed by atoms with Crippen molar-refractivity contribution < 1.29 is 36.2 Å². The lowest BCUT2D eigenvalue weighted by molar-refractivity contribution is -0.174. The Balaban J connectivity index is 1.68. The fourth-order valence-corrected chi connectivity index (χ4v) is 2.83. The second-order valence-electron chi connectivity index (χ2n) is 6.52. The SMILES string of the molecule is CC(Oc1ccc(F)c(F)c1)C(=O)N1CCN(CCCOCC(F)(F)F)CC1. The van der Waals surface area contributed by atoms with Crippen LogP contribution >= 0.6 is 0 Å². The van der Waals surface area contributed by atoms with Crippen LogP contribution in [-0.2, 0) is 9.53 Å². The van der Waals surface area contributed by atoms with E-state index < -0.39 is 30.5 Å². The molecule has 1 aromatic carbocycles. The van der Waals surface area contributed by atoms with E-state index in [1.807, 2.05) is 4.90 Å². The largest absolute Gasteiger partial charge is 0.481 e. The number of hydrogen-bond acceptors (Lipinski definition) is 4. The van der Waals surface area contributed by atoms with Crippen molar-refractivity contribution in [1.82, 2.24) is 9.80 Å². The molecule has 2 rings (SSSR count). The first-order chi connectivity index (χ1) is 13.2. The number of ether oxygens (including phenoxy) is 2. The zero-order valence-corrected chi connectivity index (χ0v) is 15.5. The van der Waals surface area contributed by atoms with Gasteiger partial charge in [0.1, 0.15) is 12.4 Å². The Morgan fingerprint density at radius 2 is 1.82 bits per heavy atom. The van der Waals surface area contributed by atoms with Crippen molar-refractivity contribution in [3.63, 3.8) is 0 Å². The number of carbonyl (C=O) groups excluding carboxylic acids is 1. The Kier molecular flexibility index (Phi) is 7.99. The molecular weight excluding hydrogens is 387 g/mol. The van der Waals surface area contributed by atoms with Crippen LogP contribution in [0.5, 0.6) is 5.75 Å². The first-order valence-electron chi connectivity index (χ1n) is 8.93. The van der Waals surface area contributed by atoms with Gasteiger partial charge in [0.05, 0.1) is 0 Å². The Bertz CT molecular complexity index is 649. The van der Waals surface area contributed by atoms with Gasteiger partial charge in [0.2, 0.25) is 0 Å². The number of carbonyl (C=O) groups is 1. The van der Waals surface area contributed by atoms with Gasteiger partial charge in [0.25, 0.3) is 5.91 Å². The van der Waals surface area contributed by atoms with Crippen molar-refractivity contribution in [3.8, 4) is 5.75 Å². The molecule has 1 saturated heterocycles. The van der Waals surface area contributed by atoms with Crippen LogP contribution in [0.3, 0.4) is 0 Å². The number of rotatable bonds is 8. The van der Waals surface area contributed by atoms with E-state index in [4.69, 9.17) is 4.74 Å². The molecule has 1 heterocycles. The van der Waals surface area contributed by atoms with Crippen LogP contribution in [-0.4, -0.2) is 73.9 Å². The minimum atomic E-state index is -4.32.